The van der Waals surface area contributed by atoms with E-state index in [0.29, 0.717) is 12.1 Å². The molecule has 22 heavy (non-hydrogen) atoms. The van der Waals surface area contributed by atoms with Crippen LogP contribution in [-0.2, 0) is 10.0 Å². The molecule has 0 unspecified atom stereocenters. The lowest BCUT2D eigenvalue weighted by molar-refractivity contribution is 0.0587. The van der Waals surface area contributed by atoms with Crippen LogP contribution in [0.2, 0.25) is 0 Å². The molecule has 1 aromatic carbocycles. The predicted octanol–water partition coefficient (Wildman–Crippen LogP) is 1.22. The number of sulfonamides is 1. The maximum Gasteiger partial charge on any atom is 0.319 e. The van der Waals surface area contributed by atoms with Crippen molar-refractivity contribution < 1.29 is 18.3 Å². The highest BCUT2D eigenvalue weighted by Gasteiger charge is 2.19. The molecule has 0 aliphatic carbocycles. The van der Waals surface area contributed by atoms with Crippen molar-refractivity contribution in [1.82, 2.24) is 9.62 Å². The number of urea groups is 1. The quantitative estimate of drug-likeness (QED) is 0.731. The summed E-state index contributed by atoms with van der Waals surface area (Å²) in [5, 5.41) is 14.9. The van der Waals surface area contributed by atoms with E-state index in [1.165, 1.54) is 38.4 Å². The molecule has 0 radical (unpaired) electrons. The molecular weight excluding hydrogens is 306 g/mol. The molecule has 7 nitrogen and oxygen atoms in total. The SMILES string of the molecule is CC[C@](C)(O)CNC(=O)Nc1ccc(S(=O)(=O)N(C)C)cc1. The van der Waals surface area contributed by atoms with Crippen LogP contribution in [-0.4, -0.2) is 50.1 Å². The predicted molar refractivity (Wildman–Crippen MR) is 85.3 cm³/mol. The first-order valence-corrected chi connectivity index (χ1v) is 8.32. The third-order valence-corrected chi connectivity index (χ3v) is 5.11. The lowest BCUT2D eigenvalue weighted by atomic mass is 10.0. The first-order chi connectivity index (χ1) is 10.1. The van der Waals surface area contributed by atoms with E-state index in [1.54, 1.807) is 6.92 Å². The Hall–Kier alpha value is -1.64. The molecule has 0 spiro atoms. The van der Waals surface area contributed by atoms with Gasteiger partial charge in [0.15, 0.2) is 0 Å². The number of nitrogens with one attached hydrogen (secondary N) is 2. The molecule has 2 amide bonds. The van der Waals surface area contributed by atoms with Gasteiger partial charge in [-0.2, -0.15) is 0 Å². The first kappa shape index (κ1) is 18.4. The fraction of sp³-hybridized carbons (Fsp3) is 0.500. The van der Waals surface area contributed by atoms with Gasteiger partial charge in [-0.3, -0.25) is 0 Å². The Balaban J connectivity index is 2.67. The van der Waals surface area contributed by atoms with Crippen molar-refractivity contribution >= 4 is 21.7 Å². The molecule has 8 heteroatoms. The van der Waals surface area contributed by atoms with Gasteiger partial charge in [0, 0.05) is 26.3 Å². The van der Waals surface area contributed by atoms with Crippen LogP contribution in [0.4, 0.5) is 10.5 Å². The number of amides is 2. The van der Waals surface area contributed by atoms with Gasteiger partial charge < -0.3 is 15.7 Å². The Kier molecular flexibility index (Phi) is 5.92. The molecule has 0 saturated carbocycles. The maximum atomic E-state index is 11.9. The fourth-order valence-corrected chi connectivity index (χ4v) is 2.39. The monoisotopic (exact) mass is 329 g/mol. The van der Waals surface area contributed by atoms with Crippen molar-refractivity contribution in [2.24, 2.45) is 0 Å². The van der Waals surface area contributed by atoms with Crippen LogP contribution in [0.1, 0.15) is 20.3 Å². The third kappa shape index (κ3) is 4.97. The molecule has 0 heterocycles. The highest BCUT2D eigenvalue weighted by Crippen LogP contribution is 2.16. The minimum atomic E-state index is -3.48. The van der Waals surface area contributed by atoms with Crippen molar-refractivity contribution in [3.8, 4) is 0 Å². The highest BCUT2D eigenvalue weighted by atomic mass is 32.2. The van der Waals surface area contributed by atoms with Crippen LogP contribution in [0.15, 0.2) is 29.2 Å². The largest absolute Gasteiger partial charge is 0.388 e. The van der Waals surface area contributed by atoms with Crippen molar-refractivity contribution in [3.63, 3.8) is 0 Å². The Morgan fingerprint density at radius 3 is 2.27 bits per heavy atom. The van der Waals surface area contributed by atoms with Crippen LogP contribution >= 0.6 is 0 Å². The van der Waals surface area contributed by atoms with E-state index >= 15 is 0 Å². The van der Waals surface area contributed by atoms with Crippen molar-refractivity contribution in [2.75, 3.05) is 26.0 Å². The summed E-state index contributed by atoms with van der Waals surface area (Å²) >= 11 is 0. The Morgan fingerprint density at radius 2 is 1.82 bits per heavy atom. The molecule has 3 N–H and O–H groups in total. The standard InChI is InChI=1S/C14H23N3O4S/c1-5-14(2,19)10-15-13(18)16-11-6-8-12(9-7-11)22(20,21)17(3)4/h6-9,19H,5,10H2,1-4H3,(H2,15,16,18)/t14-/m0/s1. The van der Waals surface area contributed by atoms with E-state index in [4.69, 9.17) is 0 Å². The number of anilines is 1. The second-order valence-electron chi connectivity index (χ2n) is 5.47. The molecule has 1 aromatic rings. The molecule has 0 saturated heterocycles. The van der Waals surface area contributed by atoms with Crippen molar-refractivity contribution in [1.29, 1.82) is 0 Å². The second-order valence-corrected chi connectivity index (χ2v) is 7.62. The summed E-state index contributed by atoms with van der Waals surface area (Å²) in [4.78, 5) is 11.9. The van der Waals surface area contributed by atoms with E-state index in [0.717, 1.165) is 4.31 Å². The van der Waals surface area contributed by atoms with Gasteiger partial charge in [-0.05, 0) is 37.6 Å². The minimum Gasteiger partial charge on any atom is -0.388 e. The Morgan fingerprint density at radius 1 is 1.27 bits per heavy atom. The van der Waals surface area contributed by atoms with Gasteiger partial charge in [-0.1, -0.05) is 6.92 Å². The van der Waals surface area contributed by atoms with Crippen LogP contribution in [0.5, 0.6) is 0 Å². The number of rotatable bonds is 6. The fourth-order valence-electron chi connectivity index (χ4n) is 1.49. The lowest BCUT2D eigenvalue weighted by Crippen LogP contribution is -2.41. The number of nitrogens with zero attached hydrogens (tertiary/aromatic N) is 1. The van der Waals surface area contributed by atoms with Crippen LogP contribution in [0, 0.1) is 0 Å². The summed E-state index contributed by atoms with van der Waals surface area (Å²) in [7, 11) is -0.577. The molecule has 0 bridgehead atoms. The smallest absolute Gasteiger partial charge is 0.319 e. The average Bonchev–Trinajstić information content (AvgIpc) is 2.46. The summed E-state index contributed by atoms with van der Waals surface area (Å²) in [6.45, 7) is 3.58. The number of hydrogen-bond acceptors (Lipinski definition) is 4. The Labute approximate surface area is 131 Å². The van der Waals surface area contributed by atoms with Gasteiger partial charge in [-0.25, -0.2) is 17.5 Å². The highest BCUT2D eigenvalue weighted by molar-refractivity contribution is 7.89. The van der Waals surface area contributed by atoms with Crippen LogP contribution in [0.3, 0.4) is 0 Å². The zero-order valence-corrected chi connectivity index (χ0v) is 14.1. The molecule has 0 aromatic heterocycles. The molecule has 124 valence electrons. The van der Waals surface area contributed by atoms with Gasteiger partial charge >= 0.3 is 6.03 Å². The molecule has 1 rings (SSSR count). The Bertz CT molecular complexity index is 609. The van der Waals surface area contributed by atoms with Crippen molar-refractivity contribution in [2.45, 2.75) is 30.8 Å². The van der Waals surface area contributed by atoms with E-state index in [1.807, 2.05) is 6.92 Å². The average molecular weight is 329 g/mol. The summed E-state index contributed by atoms with van der Waals surface area (Å²) in [5.41, 5.74) is -0.493. The summed E-state index contributed by atoms with van der Waals surface area (Å²) in [6.07, 6.45) is 0.518. The van der Waals surface area contributed by atoms with Gasteiger partial charge in [0.1, 0.15) is 0 Å². The molecular formula is C14H23N3O4S. The lowest BCUT2D eigenvalue weighted by Gasteiger charge is -2.21. The number of benzene rings is 1. The minimum absolute atomic E-state index is 0.127. The molecule has 0 aliphatic rings. The van der Waals surface area contributed by atoms with Gasteiger partial charge in [0.2, 0.25) is 10.0 Å². The van der Waals surface area contributed by atoms with E-state index in [2.05, 4.69) is 10.6 Å². The molecule has 0 fully saturated rings. The first-order valence-electron chi connectivity index (χ1n) is 6.88. The number of carbonyl (C=O) groups is 1. The third-order valence-electron chi connectivity index (χ3n) is 3.28. The second kappa shape index (κ2) is 7.08. The number of hydrogen-bond donors (Lipinski definition) is 3. The topological polar surface area (TPSA) is 98.7 Å². The normalized spacial score (nSPS) is 14.5. The van der Waals surface area contributed by atoms with E-state index in [-0.39, 0.29) is 11.4 Å². The molecule has 0 aliphatic heterocycles. The van der Waals surface area contributed by atoms with Crippen molar-refractivity contribution in [3.05, 3.63) is 24.3 Å². The summed E-state index contributed by atoms with van der Waals surface area (Å²) in [5.74, 6) is 0. The van der Waals surface area contributed by atoms with E-state index in [9.17, 15) is 18.3 Å². The number of carbonyl (C=O) groups excluding carboxylic acids is 1. The van der Waals surface area contributed by atoms with Gasteiger partial charge in [0.05, 0.1) is 10.5 Å². The van der Waals surface area contributed by atoms with Gasteiger partial charge in [-0.15, -0.1) is 0 Å². The molecule has 1 atom stereocenters. The number of aliphatic hydroxyl groups is 1. The van der Waals surface area contributed by atoms with Gasteiger partial charge in [0.25, 0.3) is 0 Å². The zero-order valence-electron chi connectivity index (χ0n) is 13.3. The van der Waals surface area contributed by atoms with Crippen LogP contribution < -0.4 is 10.6 Å². The zero-order chi connectivity index (χ0) is 17.0. The maximum absolute atomic E-state index is 11.9. The summed E-state index contributed by atoms with van der Waals surface area (Å²) < 4.78 is 24.9. The van der Waals surface area contributed by atoms with Crippen LogP contribution in [0.25, 0.3) is 0 Å². The van der Waals surface area contributed by atoms with E-state index < -0.39 is 21.7 Å². The summed E-state index contributed by atoms with van der Waals surface area (Å²) in [6, 6.07) is 5.40.